The Bertz CT molecular complexity index is 972. The fraction of sp³-hybridized carbons (Fsp3) is 0.280. The first-order valence-electron chi connectivity index (χ1n) is 9.97. The highest BCUT2D eigenvalue weighted by Gasteiger charge is 2.27. The van der Waals surface area contributed by atoms with Crippen molar-refractivity contribution in [3.63, 3.8) is 0 Å². The maximum absolute atomic E-state index is 10.7. The van der Waals surface area contributed by atoms with Gasteiger partial charge in [0.1, 0.15) is 17.6 Å². The van der Waals surface area contributed by atoms with Gasteiger partial charge in [0.15, 0.2) is 0 Å². The summed E-state index contributed by atoms with van der Waals surface area (Å²) >= 11 is 0. The predicted molar refractivity (Wildman–Crippen MR) is 116 cm³/mol. The summed E-state index contributed by atoms with van der Waals surface area (Å²) in [5, 5.41) is 33.0. The van der Waals surface area contributed by atoms with E-state index in [0.29, 0.717) is 18.6 Å². The van der Waals surface area contributed by atoms with Crippen LogP contribution in [-0.4, -0.2) is 21.4 Å². The number of aliphatic hydroxyl groups excluding tert-OH is 2. The summed E-state index contributed by atoms with van der Waals surface area (Å²) in [5.41, 5.74) is 2.23. The number of benzene rings is 2. The molecule has 0 bridgehead atoms. The Labute approximate surface area is 171 Å². The Kier molecular flexibility index (Phi) is 6.91. The minimum Gasteiger partial charge on any atom is -0.507 e. The first kappa shape index (κ1) is 20.9. The van der Waals surface area contributed by atoms with Crippen LogP contribution >= 0.6 is 0 Å². The van der Waals surface area contributed by atoms with Gasteiger partial charge < -0.3 is 19.7 Å². The molecule has 152 valence electrons. The quantitative estimate of drug-likeness (QED) is 0.414. The Morgan fingerprint density at radius 1 is 1.07 bits per heavy atom. The Morgan fingerprint density at radius 3 is 2.48 bits per heavy atom. The summed E-state index contributed by atoms with van der Waals surface area (Å²) in [5.74, 6) is 0.191. The van der Waals surface area contributed by atoms with Gasteiger partial charge in [0, 0.05) is 11.3 Å². The highest BCUT2D eigenvalue weighted by molar-refractivity contribution is 5.94. The van der Waals surface area contributed by atoms with Crippen LogP contribution in [0.3, 0.4) is 0 Å². The van der Waals surface area contributed by atoms with Gasteiger partial charge in [-0.3, -0.25) is 0 Å². The van der Waals surface area contributed by atoms with E-state index in [4.69, 9.17) is 4.42 Å². The van der Waals surface area contributed by atoms with Gasteiger partial charge in [0.25, 0.3) is 0 Å². The zero-order chi connectivity index (χ0) is 20.8. The average molecular weight is 392 g/mol. The van der Waals surface area contributed by atoms with Crippen molar-refractivity contribution in [1.82, 2.24) is 0 Å². The fourth-order valence-corrected chi connectivity index (χ4v) is 3.67. The second-order valence-corrected chi connectivity index (χ2v) is 7.25. The molecule has 0 aliphatic heterocycles. The first-order valence-corrected chi connectivity index (χ1v) is 9.97. The molecule has 3 aromatic rings. The van der Waals surface area contributed by atoms with Crippen molar-refractivity contribution in [1.29, 1.82) is 0 Å². The summed E-state index contributed by atoms with van der Waals surface area (Å²) in [6.45, 7) is 5.86. The number of fused-ring (bicyclic) bond motifs is 1. The molecule has 0 saturated heterocycles. The standard InChI is InChI=1S/C25H28O4/c1-3-17(16-18-12-14-23(27)21-9-6-5-8-20(18)21)11-13-22(26)19(4-2)25(28)24-10-7-15-29-24/h4-10,12,14-16,19,22,25-28H,2-3,11,13H2,1H3/b17-16+/t19-,22-,25+/m1/s1. The van der Waals surface area contributed by atoms with Crippen LogP contribution in [0.4, 0.5) is 0 Å². The van der Waals surface area contributed by atoms with Crippen molar-refractivity contribution in [3.8, 4) is 5.75 Å². The Hall–Kier alpha value is -2.82. The van der Waals surface area contributed by atoms with Crippen LogP contribution in [0.15, 0.2) is 77.4 Å². The maximum atomic E-state index is 10.7. The van der Waals surface area contributed by atoms with Crippen molar-refractivity contribution in [2.45, 2.75) is 38.4 Å². The molecule has 1 aromatic heterocycles. The largest absolute Gasteiger partial charge is 0.507 e. The van der Waals surface area contributed by atoms with Gasteiger partial charge >= 0.3 is 0 Å². The van der Waals surface area contributed by atoms with E-state index in [2.05, 4.69) is 19.6 Å². The molecule has 3 N–H and O–H groups in total. The molecule has 0 aliphatic carbocycles. The molecule has 0 unspecified atom stereocenters. The van der Waals surface area contributed by atoms with Crippen molar-refractivity contribution in [2.75, 3.05) is 0 Å². The lowest BCUT2D eigenvalue weighted by molar-refractivity contribution is 0.0208. The number of rotatable bonds is 9. The van der Waals surface area contributed by atoms with E-state index in [9.17, 15) is 15.3 Å². The fourth-order valence-electron chi connectivity index (χ4n) is 3.67. The highest BCUT2D eigenvalue weighted by atomic mass is 16.4. The summed E-state index contributed by atoms with van der Waals surface area (Å²) in [7, 11) is 0. The number of phenols is 1. The second kappa shape index (κ2) is 9.59. The van der Waals surface area contributed by atoms with Crippen molar-refractivity contribution >= 4 is 16.8 Å². The van der Waals surface area contributed by atoms with Crippen LogP contribution < -0.4 is 0 Å². The first-order chi connectivity index (χ1) is 14.0. The molecule has 0 amide bonds. The molecule has 0 radical (unpaired) electrons. The minimum absolute atomic E-state index is 0.270. The van der Waals surface area contributed by atoms with E-state index >= 15 is 0 Å². The van der Waals surface area contributed by atoms with Crippen LogP contribution in [0, 0.1) is 5.92 Å². The molecule has 0 saturated carbocycles. The molecule has 0 aliphatic rings. The number of aromatic hydroxyl groups is 1. The molecular formula is C25H28O4. The number of hydrogen-bond donors (Lipinski definition) is 3. The number of phenolic OH excluding ortho intramolecular Hbond substituents is 1. The smallest absolute Gasteiger partial charge is 0.132 e. The molecule has 3 rings (SSSR count). The van der Waals surface area contributed by atoms with E-state index in [0.717, 1.165) is 22.8 Å². The normalized spacial score (nSPS) is 15.2. The van der Waals surface area contributed by atoms with Crippen LogP contribution in [-0.2, 0) is 0 Å². The van der Waals surface area contributed by atoms with Crippen LogP contribution in [0.25, 0.3) is 16.8 Å². The van der Waals surface area contributed by atoms with Crippen LogP contribution in [0.1, 0.15) is 43.6 Å². The van der Waals surface area contributed by atoms with Crippen molar-refractivity contribution in [3.05, 3.63) is 84.3 Å². The second-order valence-electron chi connectivity index (χ2n) is 7.25. The maximum Gasteiger partial charge on any atom is 0.132 e. The predicted octanol–water partition coefficient (Wildman–Crippen LogP) is 5.61. The lowest BCUT2D eigenvalue weighted by Gasteiger charge is -2.24. The molecular weight excluding hydrogens is 364 g/mol. The molecule has 3 atom stereocenters. The SMILES string of the molecule is C=C[C@H]([C@H](O)CC/C(=C/c1ccc(O)c2ccccc12)CC)[C@H](O)c1ccco1. The third kappa shape index (κ3) is 4.78. The molecule has 29 heavy (non-hydrogen) atoms. The van der Waals surface area contributed by atoms with E-state index in [1.54, 1.807) is 24.3 Å². The molecule has 2 aromatic carbocycles. The topological polar surface area (TPSA) is 73.8 Å². The lowest BCUT2D eigenvalue weighted by atomic mass is 9.89. The Morgan fingerprint density at radius 2 is 1.83 bits per heavy atom. The highest BCUT2D eigenvalue weighted by Crippen LogP contribution is 2.31. The number of aliphatic hydroxyl groups is 2. The molecule has 0 fully saturated rings. The van der Waals surface area contributed by atoms with Gasteiger partial charge in [-0.15, -0.1) is 6.58 Å². The Balaban J connectivity index is 1.75. The molecule has 4 nitrogen and oxygen atoms in total. The third-order valence-corrected chi connectivity index (χ3v) is 5.43. The van der Waals surface area contributed by atoms with Gasteiger partial charge in [0.05, 0.1) is 12.4 Å². The van der Waals surface area contributed by atoms with Gasteiger partial charge in [0.2, 0.25) is 0 Å². The third-order valence-electron chi connectivity index (χ3n) is 5.43. The van der Waals surface area contributed by atoms with E-state index < -0.39 is 18.1 Å². The summed E-state index contributed by atoms with van der Waals surface area (Å²) < 4.78 is 5.26. The van der Waals surface area contributed by atoms with Crippen molar-refractivity contribution in [2.24, 2.45) is 5.92 Å². The van der Waals surface area contributed by atoms with E-state index in [1.807, 2.05) is 30.3 Å². The summed E-state index contributed by atoms with van der Waals surface area (Å²) in [6.07, 6.45) is 5.60. The van der Waals surface area contributed by atoms with Gasteiger partial charge in [-0.2, -0.15) is 0 Å². The van der Waals surface area contributed by atoms with E-state index in [1.165, 1.54) is 11.8 Å². The number of allylic oxidation sites excluding steroid dienone is 1. The number of furan rings is 1. The molecule has 0 spiro atoms. The zero-order valence-corrected chi connectivity index (χ0v) is 16.7. The monoisotopic (exact) mass is 392 g/mol. The van der Waals surface area contributed by atoms with Crippen molar-refractivity contribution < 1.29 is 19.7 Å². The molecule has 1 heterocycles. The zero-order valence-electron chi connectivity index (χ0n) is 16.7. The average Bonchev–Trinajstić information content (AvgIpc) is 3.28. The van der Waals surface area contributed by atoms with Gasteiger partial charge in [-0.1, -0.05) is 55.0 Å². The lowest BCUT2D eigenvalue weighted by Crippen LogP contribution is -2.25. The van der Waals surface area contributed by atoms with E-state index in [-0.39, 0.29) is 5.75 Å². The van der Waals surface area contributed by atoms with Gasteiger partial charge in [-0.25, -0.2) is 0 Å². The minimum atomic E-state index is -0.924. The molecule has 4 heteroatoms. The summed E-state index contributed by atoms with van der Waals surface area (Å²) in [6, 6.07) is 14.8. The van der Waals surface area contributed by atoms with Crippen LogP contribution in [0.5, 0.6) is 5.75 Å². The van der Waals surface area contributed by atoms with Crippen LogP contribution in [0.2, 0.25) is 0 Å². The number of hydrogen-bond acceptors (Lipinski definition) is 4. The summed E-state index contributed by atoms with van der Waals surface area (Å²) in [4.78, 5) is 0. The van der Waals surface area contributed by atoms with Gasteiger partial charge in [-0.05, 0) is 48.4 Å².